The number of aliphatic carboxylic acids is 1. The molecule has 0 spiro atoms. The number of carbonyl (C=O) groups is 2. The average Bonchev–Trinajstić information content (AvgIpc) is 2.87. The van der Waals surface area contributed by atoms with E-state index >= 15 is 0 Å². The van der Waals surface area contributed by atoms with Crippen LogP contribution in [0, 0.1) is 0 Å². The summed E-state index contributed by atoms with van der Waals surface area (Å²) in [5.41, 5.74) is 0. The van der Waals surface area contributed by atoms with Crippen molar-refractivity contribution in [2.75, 3.05) is 106 Å². The number of nitrogens with one attached hydrogen (secondary N) is 1. The molecule has 1 aromatic rings. The van der Waals surface area contributed by atoms with Crippen LogP contribution >= 0.6 is 0 Å². The molecule has 0 aromatic heterocycles. The Morgan fingerprint density at radius 3 is 1.50 bits per heavy atom. The highest BCUT2D eigenvalue weighted by atomic mass is 16.6. The molecule has 0 aliphatic heterocycles. The summed E-state index contributed by atoms with van der Waals surface area (Å²) in [6.07, 6.45) is 0. The summed E-state index contributed by atoms with van der Waals surface area (Å²) < 4.78 is 42.6. The highest BCUT2D eigenvalue weighted by Crippen LogP contribution is 2.07. The molecule has 0 bridgehead atoms. The molecule has 1 aromatic carbocycles. The predicted molar refractivity (Wildman–Crippen MR) is 128 cm³/mol. The van der Waals surface area contributed by atoms with E-state index in [1.165, 1.54) is 0 Å². The minimum Gasteiger partial charge on any atom is -0.491 e. The van der Waals surface area contributed by atoms with Gasteiger partial charge in [-0.2, -0.15) is 0 Å². The number of hydrogen-bond donors (Lipinski definition) is 2. The molecule has 1 rings (SSSR count). The van der Waals surface area contributed by atoms with E-state index in [0.29, 0.717) is 92.4 Å². The van der Waals surface area contributed by atoms with Crippen molar-refractivity contribution in [3.05, 3.63) is 30.3 Å². The van der Waals surface area contributed by atoms with Crippen molar-refractivity contribution in [1.29, 1.82) is 0 Å². The topological polar surface area (TPSA) is 140 Å². The second kappa shape index (κ2) is 24.4. The quantitative estimate of drug-likeness (QED) is 0.165. The van der Waals surface area contributed by atoms with E-state index in [1.54, 1.807) is 0 Å². The van der Waals surface area contributed by atoms with Gasteiger partial charge >= 0.3 is 5.97 Å². The number of para-hydroxylation sites is 1. The molecule has 0 radical (unpaired) electrons. The second-order valence-electron chi connectivity index (χ2n) is 7.07. The summed E-state index contributed by atoms with van der Waals surface area (Å²) in [7, 11) is 0. The third-order valence-corrected chi connectivity index (χ3v) is 4.13. The zero-order valence-electron chi connectivity index (χ0n) is 20.7. The molecule has 2 N–H and O–H groups in total. The fraction of sp³-hybridized carbons (Fsp3) is 0.667. The molecule has 12 heteroatoms. The molecule has 0 atom stereocenters. The highest BCUT2D eigenvalue weighted by Gasteiger charge is 2.03. The van der Waals surface area contributed by atoms with Crippen LogP contribution in [0.2, 0.25) is 0 Å². The van der Waals surface area contributed by atoms with Crippen molar-refractivity contribution in [1.82, 2.24) is 5.32 Å². The van der Waals surface area contributed by atoms with Crippen LogP contribution in [0.4, 0.5) is 0 Å². The van der Waals surface area contributed by atoms with Crippen LogP contribution in [0.5, 0.6) is 5.75 Å². The van der Waals surface area contributed by atoms with Gasteiger partial charge in [0.1, 0.15) is 25.6 Å². The molecule has 0 unspecified atom stereocenters. The standard InChI is InChI=1S/C24H39NO11/c26-23(20-35-21-24(27)28)25-6-7-29-8-9-30-10-11-31-12-13-32-14-15-33-16-17-34-18-19-36-22-4-2-1-3-5-22/h1-5H,6-21H2,(H,25,26)(H,27,28). The van der Waals surface area contributed by atoms with Crippen LogP contribution in [0.25, 0.3) is 0 Å². The lowest BCUT2D eigenvalue weighted by Crippen LogP contribution is -2.31. The molecule has 0 fully saturated rings. The van der Waals surface area contributed by atoms with Gasteiger partial charge in [0.25, 0.3) is 0 Å². The molecule has 12 nitrogen and oxygen atoms in total. The summed E-state index contributed by atoms with van der Waals surface area (Å²) in [4.78, 5) is 21.6. The van der Waals surface area contributed by atoms with Gasteiger partial charge in [-0.05, 0) is 12.1 Å². The summed E-state index contributed by atoms with van der Waals surface area (Å²) in [5, 5.41) is 10.9. The van der Waals surface area contributed by atoms with Crippen LogP contribution < -0.4 is 10.1 Å². The monoisotopic (exact) mass is 517 g/mol. The lowest BCUT2D eigenvalue weighted by Gasteiger charge is -2.09. The zero-order valence-corrected chi connectivity index (χ0v) is 20.7. The van der Waals surface area contributed by atoms with E-state index in [0.717, 1.165) is 5.75 Å². The first-order valence-corrected chi connectivity index (χ1v) is 11.9. The summed E-state index contributed by atoms with van der Waals surface area (Å²) in [6, 6.07) is 9.61. The van der Waals surface area contributed by atoms with E-state index in [2.05, 4.69) is 10.1 Å². The highest BCUT2D eigenvalue weighted by molar-refractivity contribution is 5.77. The molecule has 0 saturated carbocycles. The molecule has 0 aliphatic rings. The minimum absolute atomic E-state index is 0.295. The van der Waals surface area contributed by atoms with Gasteiger partial charge in [-0.15, -0.1) is 0 Å². The van der Waals surface area contributed by atoms with Gasteiger partial charge in [0.2, 0.25) is 5.91 Å². The van der Waals surface area contributed by atoms with E-state index in [-0.39, 0.29) is 6.61 Å². The van der Waals surface area contributed by atoms with Crippen LogP contribution in [0.1, 0.15) is 0 Å². The maximum atomic E-state index is 11.3. The number of benzene rings is 1. The number of carboxylic acid groups (broad SMARTS) is 1. The Morgan fingerprint density at radius 2 is 1.03 bits per heavy atom. The first-order valence-electron chi connectivity index (χ1n) is 11.9. The maximum Gasteiger partial charge on any atom is 0.329 e. The number of rotatable bonds is 26. The van der Waals surface area contributed by atoms with Gasteiger partial charge in [-0.3, -0.25) is 4.79 Å². The van der Waals surface area contributed by atoms with Gasteiger partial charge in [0.05, 0.1) is 79.3 Å². The molecule has 0 aliphatic carbocycles. The predicted octanol–water partition coefficient (Wildman–Crippen LogP) is 0.382. The number of amides is 1. The Labute approximate surface area is 212 Å². The number of carbonyl (C=O) groups excluding carboxylic acids is 1. The summed E-state index contributed by atoms with van der Waals surface area (Å²) in [6.45, 7) is 5.50. The Balaban J connectivity index is 1.67. The Bertz CT molecular complexity index is 648. The van der Waals surface area contributed by atoms with Crippen molar-refractivity contribution in [2.45, 2.75) is 0 Å². The first kappa shape index (κ1) is 31.7. The number of hydrogen-bond acceptors (Lipinski definition) is 10. The Morgan fingerprint density at radius 1 is 0.583 bits per heavy atom. The Hall–Kier alpha value is -2.32. The second-order valence-corrected chi connectivity index (χ2v) is 7.07. The first-order chi connectivity index (χ1) is 17.7. The lowest BCUT2D eigenvalue weighted by molar-refractivity contribution is -0.143. The summed E-state index contributed by atoms with van der Waals surface area (Å²) >= 11 is 0. The fourth-order valence-electron chi connectivity index (χ4n) is 2.48. The maximum absolute atomic E-state index is 11.3. The van der Waals surface area contributed by atoms with Gasteiger partial charge in [-0.1, -0.05) is 18.2 Å². The van der Waals surface area contributed by atoms with E-state index in [1.807, 2.05) is 30.3 Å². The third kappa shape index (κ3) is 22.2. The van der Waals surface area contributed by atoms with E-state index < -0.39 is 18.5 Å². The normalized spacial score (nSPS) is 10.9. The van der Waals surface area contributed by atoms with Crippen LogP contribution in [0.15, 0.2) is 30.3 Å². The van der Waals surface area contributed by atoms with Crippen LogP contribution in [-0.2, 0) is 42.7 Å². The van der Waals surface area contributed by atoms with Crippen molar-refractivity contribution in [3.63, 3.8) is 0 Å². The van der Waals surface area contributed by atoms with E-state index in [4.69, 9.17) is 38.3 Å². The van der Waals surface area contributed by atoms with Crippen molar-refractivity contribution < 1.29 is 52.6 Å². The van der Waals surface area contributed by atoms with Crippen molar-refractivity contribution in [3.8, 4) is 5.75 Å². The van der Waals surface area contributed by atoms with Crippen LogP contribution in [0.3, 0.4) is 0 Å². The number of carboxylic acids is 1. The van der Waals surface area contributed by atoms with Gasteiger partial charge in [-0.25, -0.2) is 4.79 Å². The lowest BCUT2D eigenvalue weighted by atomic mass is 10.3. The van der Waals surface area contributed by atoms with Crippen LogP contribution in [-0.4, -0.2) is 123 Å². The summed E-state index contributed by atoms with van der Waals surface area (Å²) in [5.74, 6) is -0.681. The molecule has 0 heterocycles. The van der Waals surface area contributed by atoms with Gasteiger partial charge in [0.15, 0.2) is 0 Å². The minimum atomic E-state index is -1.12. The van der Waals surface area contributed by atoms with Gasteiger partial charge < -0.3 is 48.3 Å². The molecule has 36 heavy (non-hydrogen) atoms. The third-order valence-electron chi connectivity index (χ3n) is 4.13. The average molecular weight is 518 g/mol. The fourth-order valence-corrected chi connectivity index (χ4v) is 2.48. The number of ether oxygens (including phenoxy) is 8. The van der Waals surface area contributed by atoms with Crippen molar-refractivity contribution in [2.24, 2.45) is 0 Å². The molecule has 1 amide bonds. The molecule has 206 valence electrons. The largest absolute Gasteiger partial charge is 0.491 e. The molecule has 0 saturated heterocycles. The Kier molecular flexibility index (Phi) is 21.5. The smallest absolute Gasteiger partial charge is 0.329 e. The zero-order chi connectivity index (χ0) is 25.9. The molecular weight excluding hydrogens is 478 g/mol. The van der Waals surface area contributed by atoms with Crippen molar-refractivity contribution >= 4 is 11.9 Å². The molecular formula is C24H39NO11. The van der Waals surface area contributed by atoms with E-state index in [9.17, 15) is 9.59 Å². The SMILES string of the molecule is O=C(O)COCC(=O)NCCOCCOCCOCCOCCOCCOCCOc1ccccc1. The van der Waals surface area contributed by atoms with Gasteiger partial charge in [0, 0.05) is 6.54 Å².